The SMILES string of the molecule is C=CCNCC(=O)N(CCCC)CCCCCCCC. The fourth-order valence-corrected chi connectivity index (χ4v) is 2.19. The maximum absolute atomic E-state index is 12.1. The number of nitrogens with one attached hydrogen (secondary N) is 1. The summed E-state index contributed by atoms with van der Waals surface area (Å²) in [7, 11) is 0. The molecular formula is C17H34N2O. The van der Waals surface area contributed by atoms with Crippen LogP contribution in [0, 0.1) is 0 Å². The van der Waals surface area contributed by atoms with Crippen molar-refractivity contribution in [2.24, 2.45) is 0 Å². The van der Waals surface area contributed by atoms with Gasteiger partial charge in [0.1, 0.15) is 0 Å². The summed E-state index contributed by atoms with van der Waals surface area (Å²) in [6.45, 7) is 11.0. The molecule has 0 fully saturated rings. The average molecular weight is 282 g/mol. The number of amides is 1. The summed E-state index contributed by atoms with van der Waals surface area (Å²) in [5, 5.41) is 3.10. The number of hydrogen-bond donors (Lipinski definition) is 1. The van der Waals surface area contributed by atoms with Crippen molar-refractivity contribution in [2.75, 3.05) is 26.2 Å². The van der Waals surface area contributed by atoms with E-state index in [1.54, 1.807) is 6.08 Å². The molecule has 0 heterocycles. The molecule has 0 aliphatic rings. The van der Waals surface area contributed by atoms with Crippen molar-refractivity contribution in [3.63, 3.8) is 0 Å². The molecule has 0 atom stereocenters. The van der Waals surface area contributed by atoms with Crippen molar-refractivity contribution in [3.05, 3.63) is 12.7 Å². The fourth-order valence-electron chi connectivity index (χ4n) is 2.19. The second kappa shape index (κ2) is 14.6. The molecule has 0 aromatic rings. The first-order chi connectivity index (χ1) is 9.76. The van der Waals surface area contributed by atoms with E-state index >= 15 is 0 Å². The predicted molar refractivity (Wildman–Crippen MR) is 87.9 cm³/mol. The van der Waals surface area contributed by atoms with Crippen LogP contribution in [-0.4, -0.2) is 37.0 Å². The standard InChI is InChI=1S/C17H34N2O/c1-4-7-9-10-11-12-15-19(14-8-5-2)17(20)16-18-13-6-3/h6,18H,3-5,7-16H2,1-2H3. The minimum absolute atomic E-state index is 0.230. The summed E-state index contributed by atoms with van der Waals surface area (Å²) in [6.07, 6.45) is 11.7. The summed E-state index contributed by atoms with van der Waals surface area (Å²) in [4.78, 5) is 14.1. The van der Waals surface area contributed by atoms with Crippen LogP contribution in [0.15, 0.2) is 12.7 Å². The Bertz CT molecular complexity index is 241. The maximum Gasteiger partial charge on any atom is 0.236 e. The zero-order valence-electron chi connectivity index (χ0n) is 13.6. The number of hydrogen-bond acceptors (Lipinski definition) is 2. The predicted octanol–water partition coefficient (Wildman–Crippen LogP) is 3.75. The zero-order chi connectivity index (χ0) is 15.1. The highest BCUT2D eigenvalue weighted by atomic mass is 16.2. The van der Waals surface area contributed by atoms with Gasteiger partial charge in [0.05, 0.1) is 6.54 Å². The quantitative estimate of drug-likeness (QED) is 0.389. The van der Waals surface area contributed by atoms with Crippen LogP contribution >= 0.6 is 0 Å². The molecule has 20 heavy (non-hydrogen) atoms. The number of rotatable bonds is 14. The first-order valence-electron chi connectivity index (χ1n) is 8.35. The molecule has 0 radical (unpaired) electrons. The molecule has 1 amide bonds. The van der Waals surface area contributed by atoms with Gasteiger partial charge in [0, 0.05) is 19.6 Å². The Morgan fingerprint density at radius 1 is 1.00 bits per heavy atom. The lowest BCUT2D eigenvalue weighted by atomic mass is 10.1. The molecule has 0 spiro atoms. The van der Waals surface area contributed by atoms with E-state index in [1.807, 2.05) is 4.90 Å². The van der Waals surface area contributed by atoms with E-state index in [2.05, 4.69) is 25.7 Å². The summed E-state index contributed by atoms with van der Waals surface area (Å²) >= 11 is 0. The van der Waals surface area contributed by atoms with Gasteiger partial charge < -0.3 is 10.2 Å². The van der Waals surface area contributed by atoms with Gasteiger partial charge in [0.25, 0.3) is 0 Å². The Kier molecular flexibility index (Phi) is 14.0. The van der Waals surface area contributed by atoms with Crippen LogP contribution in [0.4, 0.5) is 0 Å². The van der Waals surface area contributed by atoms with E-state index in [0.29, 0.717) is 13.1 Å². The van der Waals surface area contributed by atoms with E-state index in [1.165, 1.54) is 32.1 Å². The minimum atomic E-state index is 0.230. The Hall–Kier alpha value is -0.830. The minimum Gasteiger partial charge on any atom is -0.342 e. The zero-order valence-corrected chi connectivity index (χ0v) is 13.6. The van der Waals surface area contributed by atoms with Gasteiger partial charge in [-0.1, -0.05) is 58.4 Å². The Balaban J connectivity index is 3.87. The van der Waals surface area contributed by atoms with Gasteiger partial charge in [-0.3, -0.25) is 4.79 Å². The van der Waals surface area contributed by atoms with E-state index < -0.39 is 0 Å². The molecule has 0 aliphatic carbocycles. The summed E-state index contributed by atoms with van der Waals surface area (Å²) < 4.78 is 0. The van der Waals surface area contributed by atoms with E-state index in [-0.39, 0.29) is 5.91 Å². The first-order valence-corrected chi connectivity index (χ1v) is 8.35. The summed E-state index contributed by atoms with van der Waals surface area (Å²) in [5.41, 5.74) is 0. The third kappa shape index (κ3) is 11.0. The molecule has 0 aromatic carbocycles. The average Bonchev–Trinajstić information content (AvgIpc) is 2.46. The van der Waals surface area contributed by atoms with E-state index in [0.717, 1.165) is 32.4 Å². The Labute approximate surface area is 125 Å². The highest BCUT2D eigenvalue weighted by molar-refractivity contribution is 5.78. The van der Waals surface area contributed by atoms with Crippen molar-refractivity contribution < 1.29 is 4.79 Å². The van der Waals surface area contributed by atoms with Crippen LogP contribution in [0.1, 0.15) is 65.2 Å². The molecule has 0 unspecified atom stereocenters. The first kappa shape index (κ1) is 19.2. The van der Waals surface area contributed by atoms with Gasteiger partial charge in [-0.05, 0) is 12.8 Å². The van der Waals surface area contributed by atoms with Crippen molar-refractivity contribution in [1.82, 2.24) is 10.2 Å². The fraction of sp³-hybridized carbons (Fsp3) is 0.824. The molecule has 0 aromatic heterocycles. The van der Waals surface area contributed by atoms with Gasteiger partial charge in [-0.2, -0.15) is 0 Å². The molecule has 3 nitrogen and oxygen atoms in total. The normalized spacial score (nSPS) is 10.5. The topological polar surface area (TPSA) is 32.3 Å². The van der Waals surface area contributed by atoms with Gasteiger partial charge in [0.2, 0.25) is 5.91 Å². The number of carbonyl (C=O) groups is 1. The van der Waals surface area contributed by atoms with Crippen molar-refractivity contribution >= 4 is 5.91 Å². The lowest BCUT2D eigenvalue weighted by Gasteiger charge is -2.22. The summed E-state index contributed by atoms with van der Waals surface area (Å²) in [6, 6.07) is 0. The molecule has 0 saturated heterocycles. The van der Waals surface area contributed by atoms with E-state index in [4.69, 9.17) is 0 Å². The van der Waals surface area contributed by atoms with Crippen LogP contribution in [0.25, 0.3) is 0 Å². The third-order valence-electron chi connectivity index (χ3n) is 3.48. The molecule has 118 valence electrons. The molecule has 0 bridgehead atoms. The maximum atomic E-state index is 12.1. The second-order valence-corrected chi connectivity index (χ2v) is 5.42. The van der Waals surface area contributed by atoms with Gasteiger partial charge in [-0.15, -0.1) is 6.58 Å². The monoisotopic (exact) mass is 282 g/mol. The van der Waals surface area contributed by atoms with Crippen LogP contribution in [0.3, 0.4) is 0 Å². The van der Waals surface area contributed by atoms with Crippen molar-refractivity contribution in [2.45, 2.75) is 65.2 Å². The van der Waals surface area contributed by atoms with Gasteiger partial charge in [-0.25, -0.2) is 0 Å². The lowest BCUT2D eigenvalue weighted by Crippen LogP contribution is -2.39. The molecule has 0 saturated carbocycles. The highest BCUT2D eigenvalue weighted by Crippen LogP contribution is 2.07. The molecular weight excluding hydrogens is 248 g/mol. The second-order valence-electron chi connectivity index (χ2n) is 5.42. The number of nitrogens with zero attached hydrogens (tertiary/aromatic N) is 1. The van der Waals surface area contributed by atoms with Crippen LogP contribution in [-0.2, 0) is 4.79 Å². The lowest BCUT2D eigenvalue weighted by molar-refractivity contribution is -0.130. The molecule has 1 N–H and O–H groups in total. The van der Waals surface area contributed by atoms with Gasteiger partial charge >= 0.3 is 0 Å². The largest absolute Gasteiger partial charge is 0.342 e. The molecule has 0 rings (SSSR count). The highest BCUT2D eigenvalue weighted by Gasteiger charge is 2.11. The van der Waals surface area contributed by atoms with Crippen molar-refractivity contribution in [3.8, 4) is 0 Å². The van der Waals surface area contributed by atoms with Crippen LogP contribution < -0.4 is 5.32 Å². The Morgan fingerprint density at radius 2 is 1.60 bits per heavy atom. The summed E-state index contributed by atoms with van der Waals surface area (Å²) in [5.74, 6) is 0.230. The molecule has 0 aliphatic heterocycles. The number of carbonyl (C=O) groups excluding carboxylic acids is 1. The Morgan fingerprint density at radius 3 is 2.25 bits per heavy atom. The van der Waals surface area contributed by atoms with Gasteiger partial charge in [0.15, 0.2) is 0 Å². The smallest absolute Gasteiger partial charge is 0.236 e. The van der Waals surface area contributed by atoms with E-state index in [9.17, 15) is 4.79 Å². The van der Waals surface area contributed by atoms with Crippen LogP contribution in [0.2, 0.25) is 0 Å². The molecule has 3 heteroatoms. The van der Waals surface area contributed by atoms with Crippen LogP contribution in [0.5, 0.6) is 0 Å². The number of unbranched alkanes of at least 4 members (excludes halogenated alkanes) is 6. The third-order valence-corrected chi connectivity index (χ3v) is 3.48. The van der Waals surface area contributed by atoms with Crippen molar-refractivity contribution in [1.29, 1.82) is 0 Å².